The topological polar surface area (TPSA) is 117 Å². The van der Waals surface area contributed by atoms with Crippen LogP contribution in [0.2, 0.25) is 5.02 Å². The molecule has 1 amide bonds. The molecule has 2 aromatic heterocycles. The number of nitrogens with zero attached hydrogens (tertiary/aromatic N) is 5. The maximum absolute atomic E-state index is 13.2. The quantitative estimate of drug-likeness (QED) is 0.244. The number of aromatic nitrogens is 4. The predicted molar refractivity (Wildman–Crippen MR) is 117 cm³/mol. The van der Waals surface area contributed by atoms with Crippen LogP contribution in [0.15, 0.2) is 36.5 Å². The molecule has 2 heterocycles. The molecule has 0 radical (unpaired) electrons. The summed E-state index contributed by atoms with van der Waals surface area (Å²) in [5.41, 5.74) is -0.791. The second-order valence-corrected chi connectivity index (χ2v) is 8.27. The average Bonchev–Trinajstić information content (AvgIpc) is 3.42. The normalized spacial score (nSPS) is 13.6. The highest BCUT2D eigenvalue weighted by molar-refractivity contribution is 6.32. The number of ether oxygens (including phenoxy) is 1. The number of hydrogen-bond donors (Lipinski definition) is 1. The largest absolute Gasteiger partial charge is 0.464 e. The molecular formula is C21H20ClF3N6O4. The van der Waals surface area contributed by atoms with E-state index in [-0.39, 0.29) is 47.9 Å². The van der Waals surface area contributed by atoms with Crippen molar-refractivity contribution in [2.45, 2.75) is 44.6 Å². The van der Waals surface area contributed by atoms with E-state index in [1.165, 1.54) is 39.8 Å². The van der Waals surface area contributed by atoms with Crippen molar-refractivity contribution in [3.05, 3.63) is 68.7 Å². The van der Waals surface area contributed by atoms with E-state index in [1.807, 2.05) is 0 Å². The van der Waals surface area contributed by atoms with Gasteiger partial charge in [-0.3, -0.25) is 19.6 Å². The van der Waals surface area contributed by atoms with Gasteiger partial charge in [0.2, 0.25) is 0 Å². The van der Waals surface area contributed by atoms with Gasteiger partial charge in [0.25, 0.3) is 5.91 Å². The fourth-order valence-corrected chi connectivity index (χ4v) is 3.89. The number of nitro benzene ring substituents is 1. The van der Waals surface area contributed by atoms with E-state index >= 15 is 0 Å². The van der Waals surface area contributed by atoms with Crippen LogP contribution in [0.3, 0.4) is 0 Å². The molecule has 186 valence electrons. The first kappa shape index (κ1) is 24.5. The molecule has 1 aromatic carbocycles. The van der Waals surface area contributed by atoms with Crippen LogP contribution in [0.4, 0.5) is 18.9 Å². The Morgan fingerprint density at radius 1 is 1.26 bits per heavy atom. The van der Waals surface area contributed by atoms with Crippen LogP contribution in [0, 0.1) is 10.1 Å². The molecule has 1 aliphatic rings. The summed E-state index contributed by atoms with van der Waals surface area (Å²) in [6.45, 7) is 0.199. The summed E-state index contributed by atoms with van der Waals surface area (Å²) in [5, 5.41) is 21.1. The van der Waals surface area contributed by atoms with E-state index in [1.54, 1.807) is 6.07 Å². The van der Waals surface area contributed by atoms with Crippen molar-refractivity contribution in [3.8, 4) is 5.75 Å². The Morgan fingerprint density at radius 3 is 2.69 bits per heavy atom. The van der Waals surface area contributed by atoms with Crippen molar-refractivity contribution >= 4 is 23.2 Å². The lowest BCUT2D eigenvalue weighted by Gasteiger charge is -2.08. The summed E-state index contributed by atoms with van der Waals surface area (Å²) in [4.78, 5) is 22.8. The van der Waals surface area contributed by atoms with Crippen molar-refractivity contribution < 1.29 is 27.6 Å². The Kier molecular flexibility index (Phi) is 6.96. The van der Waals surface area contributed by atoms with E-state index < -0.39 is 22.7 Å². The Bertz CT molecular complexity index is 1240. The molecule has 0 unspecified atom stereocenters. The highest BCUT2D eigenvalue weighted by Crippen LogP contribution is 2.46. The number of rotatable bonds is 10. The van der Waals surface area contributed by atoms with Crippen LogP contribution >= 0.6 is 11.6 Å². The zero-order chi connectivity index (χ0) is 25.2. The van der Waals surface area contributed by atoms with Crippen LogP contribution < -0.4 is 10.1 Å². The number of nitrogens with one attached hydrogen (secondary N) is 1. The molecule has 0 spiro atoms. The predicted octanol–water partition coefficient (Wildman–Crippen LogP) is 4.39. The molecule has 1 fully saturated rings. The molecule has 0 atom stereocenters. The number of hydrogen-bond acceptors (Lipinski definition) is 6. The maximum atomic E-state index is 13.2. The van der Waals surface area contributed by atoms with Crippen LogP contribution in [0.1, 0.15) is 47.1 Å². The molecule has 0 bridgehead atoms. The van der Waals surface area contributed by atoms with E-state index in [0.29, 0.717) is 12.1 Å². The minimum absolute atomic E-state index is 0.0239. The summed E-state index contributed by atoms with van der Waals surface area (Å²) in [7, 11) is 0. The number of nitro groups is 1. The van der Waals surface area contributed by atoms with Gasteiger partial charge in [0.1, 0.15) is 5.69 Å². The second-order valence-electron chi connectivity index (χ2n) is 7.89. The summed E-state index contributed by atoms with van der Waals surface area (Å²) >= 11 is 5.96. The molecule has 0 aliphatic heterocycles. The summed E-state index contributed by atoms with van der Waals surface area (Å²) < 4.78 is 47.5. The third-order valence-corrected chi connectivity index (χ3v) is 5.66. The summed E-state index contributed by atoms with van der Waals surface area (Å²) in [5.74, 6) is -0.437. The highest BCUT2D eigenvalue weighted by Gasteiger charge is 2.41. The first-order valence-electron chi connectivity index (χ1n) is 10.7. The first-order chi connectivity index (χ1) is 16.6. The van der Waals surface area contributed by atoms with Crippen molar-refractivity contribution in [2.75, 3.05) is 6.54 Å². The Labute approximate surface area is 201 Å². The zero-order valence-electron chi connectivity index (χ0n) is 18.2. The lowest BCUT2D eigenvalue weighted by molar-refractivity contribution is -0.386. The maximum Gasteiger partial charge on any atom is 0.436 e. The number of alkyl halides is 3. The number of aryl methyl sites for hydroxylation is 1. The number of para-hydroxylation sites is 2. The van der Waals surface area contributed by atoms with Crippen LogP contribution in [-0.4, -0.2) is 36.9 Å². The molecule has 1 N–H and O–H groups in total. The number of benzene rings is 1. The van der Waals surface area contributed by atoms with Gasteiger partial charge in [0, 0.05) is 31.3 Å². The molecule has 0 saturated heterocycles. The SMILES string of the molecule is O=C(NCCCn1nc(C(F)(F)F)c(Cl)c1C1CC1)c1ccn(COc2ccccc2[N+](=O)[O-])n1. The van der Waals surface area contributed by atoms with Crippen molar-refractivity contribution in [1.29, 1.82) is 0 Å². The molecule has 4 rings (SSSR count). The average molecular weight is 513 g/mol. The van der Waals surface area contributed by atoms with Crippen LogP contribution in [-0.2, 0) is 19.5 Å². The lowest BCUT2D eigenvalue weighted by Crippen LogP contribution is -2.26. The molecule has 10 nitrogen and oxygen atoms in total. The second kappa shape index (κ2) is 9.94. The van der Waals surface area contributed by atoms with Gasteiger partial charge in [-0.1, -0.05) is 23.7 Å². The standard InChI is InChI=1S/C21H20ClF3N6O4/c22-17-18(13-6-7-13)30(28-19(17)21(23,24)25)10-3-9-26-20(32)14-8-11-29(27-14)12-35-16-5-2-1-4-15(16)31(33)34/h1-2,4-5,8,11,13H,3,6-7,9-10,12H2,(H,26,32). The Hall–Kier alpha value is -3.61. The fraction of sp³-hybridized carbons (Fsp3) is 0.381. The smallest absolute Gasteiger partial charge is 0.436 e. The third-order valence-electron chi connectivity index (χ3n) is 5.28. The van der Waals surface area contributed by atoms with Gasteiger partial charge in [-0.15, -0.1) is 0 Å². The van der Waals surface area contributed by atoms with E-state index in [4.69, 9.17) is 16.3 Å². The van der Waals surface area contributed by atoms with Crippen molar-refractivity contribution in [1.82, 2.24) is 24.9 Å². The molecule has 35 heavy (non-hydrogen) atoms. The lowest BCUT2D eigenvalue weighted by atomic mass is 10.2. The fourth-order valence-electron chi connectivity index (χ4n) is 3.49. The minimum atomic E-state index is -4.63. The number of halogens is 4. The van der Waals surface area contributed by atoms with Gasteiger partial charge in [0.05, 0.1) is 15.6 Å². The summed E-state index contributed by atoms with van der Waals surface area (Å²) in [6.07, 6.45) is -1.28. The van der Waals surface area contributed by atoms with Gasteiger partial charge in [-0.25, -0.2) is 4.68 Å². The molecule has 3 aromatic rings. The number of carbonyl (C=O) groups excluding carboxylic acids is 1. The van der Waals surface area contributed by atoms with Gasteiger partial charge in [-0.2, -0.15) is 23.4 Å². The third kappa shape index (κ3) is 5.73. The van der Waals surface area contributed by atoms with Crippen molar-refractivity contribution in [2.24, 2.45) is 0 Å². The van der Waals surface area contributed by atoms with Gasteiger partial charge in [0.15, 0.2) is 18.2 Å². The number of amides is 1. The minimum Gasteiger partial charge on any atom is -0.464 e. The van der Waals surface area contributed by atoms with E-state index in [9.17, 15) is 28.1 Å². The Balaban J connectivity index is 1.29. The zero-order valence-corrected chi connectivity index (χ0v) is 18.9. The van der Waals surface area contributed by atoms with E-state index in [2.05, 4.69) is 15.5 Å². The first-order valence-corrected chi connectivity index (χ1v) is 11.0. The molecular weight excluding hydrogens is 493 g/mol. The van der Waals surface area contributed by atoms with E-state index in [0.717, 1.165) is 12.8 Å². The number of carbonyl (C=O) groups is 1. The van der Waals surface area contributed by atoms with Crippen LogP contribution in [0.25, 0.3) is 0 Å². The van der Waals surface area contributed by atoms with Crippen LogP contribution in [0.5, 0.6) is 5.75 Å². The van der Waals surface area contributed by atoms with Gasteiger partial charge in [-0.05, 0) is 31.4 Å². The highest BCUT2D eigenvalue weighted by atomic mass is 35.5. The Morgan fingerprint density at radius 2 is 2.00 bits per heavy atom. The van der Waals surface area contributed by atoms with Gasteiger partial charge < -0.3 is 10.1 Å². The monoisotopic (exact) mass is 512 g/mol. The molecule has 1 aliphatic carbocycles. The molecule has 14 heteroatoms. The van der Waals surface area contributed by atoms with Crippen molar-refractivity contribution in [3.63, 3.8) is 0 Å². The van der Waals surface area contributed by atoms with Gasteiger partial charge >= 0.3 is 11.9 Å². The molecule has 1 saturated carbocycles. The summed E-state index contributed by atoms with van der Waals surface area (Å²) in [6, 6.07) is 7.33.